The first-order valence-electron chi connectivity index (χ1n) is 13.1. The fourth-order valence-electron chi connectivity index (χ4n) is 5.55. The maximum atomic E-state index is 13.3. The fourth-order valence-corrected chi connectivity index (χ4v) is 6.49. The first-order valence-corrected chi connectivity index (χ1v) is 14.5. The van der Waals surface area contributed by atoms with Crippen molar-refractivity contribution in [3.63, 3.8) is 0 Å². The average Bonchev–Trinajstić information content (AvgIpc) is 3.19. The van der Waals surface area contributed by atoms with Crippen LogP contribution in [0.5, 0.6) is 0 Å². The molecule has 0 aliphatic carbocycles. The van der Waals surface area contributed by atoms with Gasteiger partial charge < -0.3 is 10.2 Å². The van der Waals surface area contributed by atoms with Crippen molar-refractivity contribution in [1.29, 1.82) is 0 Å². The van der Waals surface area contributed by atoms with E-state index in [1.165, 1.54) is 6.07 Å². The summed E-state index contributed by atoms with van der Waals surface area (Å²) in [7, 11) is -4.24. The Morgan fingerprint density at radius 3 is 2.56 bits per heavy atom. The third-order valence-electron chi connectivity index (χ3n) is 7.24. The van der Waals surface area contributed by atoms with Gasteiger partial charge in [0.05, 0.1) is 11.6 Å². The second kappa shape index (κ2) is 10.3. The summed E-state index contributed by atoms with van der Waals surface area (Å²) in [6, 6.07) is 22.0. The van der Waals surface area contributed by atoms with Crippen molar-refractivity contribution >= 4 is 38.3 Å². The number of amides is 1. The van der Waals surface area contributed by atoms with Gasteiger partial charge in [-0.15, -0.1) is 0 Å². The van der Waals surface area contributed by atoms with Gasteiger partial charge >= 0.3 is 0 Å². The lowest BCUT2D eigenvalue weighted by Crippen LogP contribution is -2.41. The lowest BCUT2D eigenvalue weighted by atomic mass is 9.97. The molecule has 2 aromatic heterocycles. The van der Waals surface area contributed by atoms with Crippen LogP contribution in [0.15, 0.2) is 84.0 Å². The van der Waals surface area contributed by atoms with Gasteiger partial charge in [-0.3, -0.25) is 4.79 Å². The number of benzene rings is 2. The molecule has 4 aromatic rings. The van der Waals surface area contributed by atoms with Gasteiger partial charge in [-0.2, -0.15) is 8.42 Å². The molecule has 1 fully saturated rings. The number of pyridine rings is 2. The number of sulfonamides is 1. The van der Waals surface area contributed by atoms with E-state index in [2.05, 4.69) is 63.9 Å². The number of carbonyl (C=O) groups is 1. The number of anilines is 2. The van der Waals surface area contributed by atoms with Crippen LogP contribution in [0.4, 0.5) is 11.6 Å². The van der Waals surface area contributed by atoms with Crippen LogP contribution in [0.1, 0.15) is 58.9 Å². The molecule has 3 heterocycles. The van der Waals surface area contributed by atoms with Crippen LogP contribution in [0.3, 0.4) is 0 Å². The summed E-state index contributed by atoms with van der Waals surface area (Å²) < 4.78 is 28.7. The van der Waals surface area contributed by atoms with E-state index in [9.17, 15) is 13.2 Å². The second-order valence-electron chi connectivity index (χ2n) is 10.8. The summed E-state index contributed by atoms with van der Waals surface area (Å²) in [5.41, 5.74) is 1.08. The molecule has 2 N–H and O–H groups in total. The zero-order valence-electron chi connectivity index (χ0n) is 22.5. The van der Waals surface area contributed by atoms with Gasteiger partial charge in [0.1, 0.15) is 11.6 Å². The summed E-state index contributed by atoms with van der Waals surface area (Å²) in [4.78, 5) is 24.1. The van der Waals surface area contributed by atoms with E-state index in [0.29, 0.717) is 17.6 Å². The smallest absolute Gasteiger partial charge is 0.281 e. The predicted molar refractivity (Wildman–Crippen MR) is 159 cm³/mol. The molecule has 5 rings (SSSR count). The summed E-state index contributed by atoms with van der Waals surface area (Å²) in [5.74, 6) is 0.558. The number of aromatic nitrogens is 2. The topological polar surface area (TPSA) is 104 Å². The molecule has 9 heteroatoms. The van der Waals surface area contributed by atoms with E-state index in [-0.39, 0.29) is 25.0 Å². The molecule has 0 saturated carbocycles. The van der Waals surface area contributed by atoms with Gasteiger partial charge in [0.2, 0.25) is 0 Å². The monoisotopic (exact) mass is 547 g/mol. The first kappa shape index (κ1) is 26.6. The standard InChI is InChI=1S/C30H33N5O3S.2H2/c1-20-18-30(3,4)35(19-20)28-25(14-9-17-31-28)29(36)34-39(37,38)27-16-8-15-26(33-27)32-21(2)23-13-7-11-22-10-5-6-12-24(22)23;;/h5-17,20-21H,18-19H2,1-4H3,(H,32,33)(H,34,36);2*1H. The van der Waals surface area contributed by atoms with E-state index >= 15 is 0 Å². The Balaban J connectivity index is 0.00000231. The van der Waals surface area contributed by atoms with E-state index in [4.69, 9.17) is 0 Å². The highest BCUT2D eigenvalue weighted by atomic mass is 32.2. The minimum absolute atomic E-state index is 0. The largest absolute Gasteiger partial charge is 0.363 e. The molecular weight excluding hydrogens is 510 g/mol. The van der Waals surface area contributed by atoms with Gasteiger partial charge in [-0.25, -0.2) is 14.7 Å². The number of rotatable bonds is 7. The van der Waals surface area contributed by atoms with Gasteiger partial charge in [-0.05, 0) is 73.7 Å². The van der Waals surface area contributed by atoms with E-state index < -0.39 is 15.9 Å². The van der Waals surface area contributed by atoms with Crippen molar-refractivity contribution in [2.75, 3.05) is 16.8 Å². The van der Waals surface area contributed by atoms with Crippen molar-refractivity contribution in [2.24, 2.45) is 5.92 Å². The maximum absolute atomic E-state index is 13.3. The van der Waals surface area contributed by atoms with Gasteiger partial charge in [0, 0.05) is 21.1 Å². The molecule has 1 amide bonds. The number of carbonyl (C=O) groups excluding carboxylic acids is 1. The molecule has 39 heavy (non-hydrogen) atoms. The van der Waals surface area contributed by atoms with Crippen LogP contribution in [0.2, 0.25) is 0 Å². The second-order valence-corrected chi connectivity index (χ2v) is 12.5. The van der Waals surface area contributed by atoms with E-state index in [1.54, 1.807) is 30.5 Å². The molecule has 0 spiro atoms. The normalized spacial score (nSPS) is 17.6. The Morgan fingerprint density at radius 2 is 1.79 bits per heavy atom. The van der Waals surface area contributed by atoms with Crippen LogP contribution in [0.25, 0.3) is 10.8 Å². The Kier molecular flexibility index (Phi) is 7.03. The predicted octanol–water partition coefficient (Wildman–Crippen LogP) is 6.04. The zero-order chi connectivity index (χ0) is 27.8. The van der Waals surface area contributed by atoms with Gasteiger partial charge in [0.25, 0.3) is 15.9 Å². The highest BCUT2D eigenvalue weighted by Gasteiger charge is 2.39. The molecule has 2 aromatic carbocycles. The van der Waals surface area contributed by atoms with Gasteiger partial charge in [0.15, 0.2) is 5.03 Å². The molecule has 0 bridgehead atoms. The summed E-state index contributed by atoms with van der Waals surface area (Å²) in [5, 5.41) is 5.29. The van der Waals surface area contributed by atoms with Crippen LogP contribution >= 0.6 is 0 Å². The third kappa shape index (κ3) is 5.45. The first-order chi connectivity index (χ1) is 18.5. The molecular formula is C30H37N5O3S. The number of nitrogens with zero attached hydrogens (tertiary/aromatic N) is 3. The Morgan fingerprint density at radius 1 is 1.05 bits per heavy atom. The minimum Gasteiger partial charge on any atom is -0.363 e. The lowest BCUT2D eigenvalue weighted by Gasteiger charge is -2.33. The van der Waals surface area contributed by atoms with Crippen LogP contribution in [-0.2, 0) is 10.0 Å². The average molecular weight is 548 g/mol. The SMILES string of the molecule is CC1CN(c2ncccc2C(=O)NS(=O)(=O)c2cccc(NC(C)c3cccc4ccccc34)n2)C(C)(C)C1.[HH].[HH]. The van der Waals surface area contributed by atoms with Crippen molar-refractivity contribution in [2.45, 2.75) is 50.7 Å². The Labute approximate surface area is 232 Å². The van der Waals surface area contributed by atoms with Crippen LogP contribution in [-0.4, -0.2) is 36.4 Å². The fraction of sp³-hybridized carbons (Fsp3) is 0.300. The Hall–Kier alpha value is -3.98. The molecule has 2 atom stereocenters. The number of hydrogen-bond acceptors (Lipinski definition) is 7. The third-order valence-corrected chi connectivity index (χ3v) is 8.47. The molecule has 8 nitrogen and oxygen atoms in total. The number of hydrogen-bond donors (Lipinski definition) is 2. The summed E-state index contributed by atoms with van der Waals surface area (Å²) >= 11 is 0. The van der Waals surface area contributed by atoms with Crippen LogP contribution in [0, 0.1) is 5.92 Å². The minimum atomic E-state index is -4.24. The maximum Gasteiger partial charge on any atom is 0.281 e. The molecule has 206 valence electrons. The zero-order valence-corrected chi connectivity index (χ0v) is 23.4. The highest BCUT2D eigenvalue weighted by Crippen LogP contribution is 2.37. The molecule has 1 aliphatic rings. The molecule has 1 saturated heterocycles. The summed E-state index contributed by atoms with van der Waals surface area (Å²) in [6.07, 6.45) is 2.57. The van der Waals surface area contributed by atoms with Crippen LogP contribution < -0.4 is 14.9 Å². The van der Waals surface area contributed by atoms with Crippen molar-refractivity contribution in [3.05, 3.63) is 90.1 Å². The lowest BCUT2D eigenvalue weighted by molar-refractivity contribution is 0.0981. The quantitative estimate of drug-likeness (QED) is 0.291. The van der Waals surface area contributed by atoms with Crippen molar-refractivity contribution in [3.8, 4) is 0 Å². The van der Waals surface area contributed by atoms with Crippen molar-refractivity contribution < 1.29 is 16.1 Å². The van der Waals surface area contributed by atoms with E-state index in [0.717, 1.165) is 29.3 Å². The molecule has 2 unspecified atom stereocenters. The molecule has 0 radical (unpaired) electrons. The van der Waals surface area contributed by atoms with Crippen molar-refractivity contribution in [1.82, 2.24) is 14.7 Å². The highest BCUT2D eigenvalue weighted by molar-refractivity contribution is 7.90. The van der Waals surface area contributed by atoms with E-state index in [1.807, 2.05) is 31.2 Å². The number of fused-ring (bicyclic) bond motifs is 1. The number of nitrogens with one attached hydrogen (secondary N) is 2. The van der Waals surface area contributed by atoms with Gasteiger partial charge in [-0.1, -0.05) is 55.5 Å². The molecule has 1 aliphatic heterocycles. The summed E-state index contributed by atoms with van der Waals surface area (Å²) in [6.45, 7) is 9.09. The Bertz CT molecular complexity index is 1640.